The van der Waals surface area contributed by atoms with Gasteiger partial charge in [0.1, 0.15) is 6.17 Å². The number of likely N-dealkylation sites (tertiary alicyclic amines) is 1. The van der Waals surface area contributed by atoms with E-state index in [9.17, 15) is 4.39 Å². The van der Waals surface area contributed by atoms with Crippen LogP contribution in [-0.2, 0) is 0 Å². The molecule has 0 aromatic rings. The summed E-state index contributed by atoms with van der Waals surface area (Å²) in [6.45, 7) is 4.17. The fourth-order valence-electron chi connectivity index (χ4n) is 1.13. The van der Waals surface area contributed by atoms with E-state index < -0.39 is 6.17 Å². The maximum atomic E-state index is 12.6. The molecule has 0 bridgehead atoms. The average Bonchev–Trinajstić information content (AvgIpc) is 2.13. The molecule has 54 valence electrons. The summed E-state index contributed by atoms with van der Waals surface area (Å²) in [4.78, 5) is 2.02. The third-order valence-electron chi connectivity index (χ3n) is 1.81. The lowest BCUT2D eigenvalue weighted by Gasteiger charge is -2.09. The van der Waals surface area contributed by atoms with Crippen LogP contribution < -0.4 is 5.73 Å². The molecule has 0 aliphatic carbocycles. The summed E-state index contributed by atoms with van der Waals surface area (Å²) in [5.41, 5.74) is 5.43. The summed E-state index contributed by atoms with van der Waals surface area (Å²) in [5.74, 6) is 0. The SMILES string of the molecule is CCN1CC(N)C(F)C1. The smallest absolute Gasteiger partial charge is 0.129 e. The van der Waals surface area contributed by atoms with Gasteiger partial charge in [0.2, 0.25) is 0 Å². The van der Waals surface area contributed by atoms with Gasteiger partial charge in [0, 0.05) is 19.1 Å². The molecule has 2 atom stereocenters. The van der Waals surface area contributed by atoms with E-state index in [1.807, 2.05) is 11.8 Å². The highest BCUT2D eigenvalue weighted by atomic mass is 19.1. The van der Waals surface area contributed by atoms with E-state index in [2.05, 4.69) is 0 Å². The van der Waals surface area contributed by atoms with E-state index in [4.69, 9.17) is 5.73 Å². The van der Waals surface area contributed by atoms with Gasteiger partial charge in [0.05, 0.1) is 0 Å². The van der Waals surface area contributed by atoms with Crippen molar-refractivity contribution in [3.05, 3.63) is 0 Å². The molecule has 1 aliphatic heterocycles. The first-order valence-electron chi connectivity index (χ1n) is 3.36. The highest BCUT2D eigenvalue weighted by Gasteiger charge is 2.28. The molecule has 1 aliphatic rings. The van der Waals surface area contributed by atoms with Crippen LogP contribution in [0.4, 0.5) is 4.39 Å². The summed E-state index contributed by atoms with van der Waals surface area (Å²) in [6, 6.07) is -0.245. The van der Waals surface area contributed by atoms with E-state index in [1.165, 1.54) is 0 Å². The van der Waals surface area contributed by atoms with Crippen LogP contribution in [0.15, 0.2) is 0 Å². The van der Waals surface area contributed by atoms with Gasteiger partial charge in [-0.15, -0.1) is 0 Å². The number of halogens is 1. The van der Waals surface area contributed by atoms with Gasteiger partial charge in [0.15, 0.2) is 0 Å². The maximum Gasteiger partial charge on any atom is 0.129 e. The van der Waals surface area contributed by atoms with Crippen LogP contribution in [0.5, 0.6) is 0 Å². The zero-order valence-corrected chi connectivity index (χ0v) is 5.68. The number of nitrogens with zero attached hydrogens (tertiary/aromatic N) is 1. The lowest BCUT2D eigenvalue weighted by molar-refractivity contribution is 0.293. The number of hydrogen-bond acceptors (Lipinski definition) is 2. The highest BCUT2D eigenvalue weighted by Crippen LogP contribution is 2.09. The van der Waals surface area contributed by atoms with Crippen LogP contribution in [0.25, 0.3) is 0 Å². The first kappa shape index (κ1) is 6.96. The molecule has 1 fully saturated rings. The summed E-state index contributed by atoms with van der Waals surface area (Å²) >= 11 is 0. The Hall–Kier alpha value is -0.150. The summed E-state index contributed by atoms with van der Waals surface area (Å²) in [7, 11) is 0. The van der Waals surface area contributed by atoms with Crippen LogP contribution in [0.2, 0.25) is 0 Å². The van der Waals surface area contributed by atoms with Crippen molar-refractivity contribution < 1.29 is 4.39 Å². The van der Waals surface area contributed by atoms with Crippen LogP contribution in [0.1, 0.15) is 6.92 Å². The van der Waals surface area contributed by atoms with Crippen molar-refractivity contribution in [3.63, 3.8) is 0 Å². The van der Waals surface area contributed by atoms with Crippen LogP contribution >= 0.6 is 0 Å². The number of hydrogen-bond donors (Lipinski definition) is 1. The van der Waals surface area contributed by atoms with Gasteiger partial charge in [0.25, 0.3) is 0 Å². The van der Waals surface area contributed by atoms with Gasteiger partial charge in [-0.25, -0.2) is 4.39 Å². The lowest BCUT2D eigenvalue weighted by atomic mass is 10.3. The van der Waals surface area contributed by atoms with E-state index >= 15 is 0 Å². The number of alkyl halides is 1. The predicted molar refractivity (Wildman–Crippen MR) is 35.0 cm³/mol. The summed E-state index contributed by atoms with van der Waals surface area (Å²) in [6.07, 6.45) is -0.801. The Balaban J connectivity index is 2.35. The highest BCUT2D eigenvalue weighted by molar-refractivity contribution is 4.85. The minimum Gasteiger partial charge on any atom is -0.324 e. The van der Waals surface area contributed by atoms with E-state index in [0.29, 0.717) is 6.54 Å². The normalized spacial score (nSPS) is 37.7. The second kappa shape index (κ2) is 2.62. The third-order valence-corrected chi connectivity index (χ3v) is 1.81. The fraction of sp³-hybridized carbons (Fsp3) is 1.00. The predicted octanol–water partition coefficient (Wildman–Crippen LogP) is -0.0127. The minimum atomic E-state index is -0.801. The van der Waals surface area contributed by atoms with Gasteiger partial charge in [-0.05, 0) is 6.54 Å². The van der Waals surface area contributed by atoms with Gasteiger partial charge in [-0.1, -0.05) is 6.92 Å². The Morgan fingerprint density at radius 2 is 2.33 bits per heavy atom. The molecule has 0 aromatic heterocycles. The molecule has 1 heterocycles. The molecule has 2 N–H and O–H groups in total. The van der Waals surface area contributed by atoms with Crippen molar-refractivity contribution in [1.29, 1.82) is 0 Å². The molecule has 2 nitrogen and oxygen atoms in total. The molecule has 0 spiro atoms. The molecule has 1 rings (SSSR count). The zero-order valence-electron chi connectivity index (χ0n) is 5.68. The van der Waals surface area contributed by atoms with Crippen molar-refractivity contribution in [3.8, 4) is 0 Å². The Bertz CT molecular complexity index is 87.1. The third kappa shape index (κ3) is 1.40. The van der Waals surface area contributed by atoms with Gasteiger partial charge in [-0.2, -0.15) is 0 Å². The number of rotatable bonds is 1. The number of nitrogens with two attached hydrogens (primary N) is 1. The van der Waals surface area contributed by atoms with E-state index in [0.717, 1.165) is 13.1 Å². The number of likely N-dealkylation sites (N-methyl/N-ethyl adjacent to an activating group) is 1. The minimum absolute atomic E-state index is 0.245. The van der Waals surface area contributed by atoms with Gasteiger partial charge < -0.3 is 5.73 Å². The lowest BCUT2D eigenvalue weighted by Crippen LogP contribution is -2.30. The largest absolute Gasteiger partial charge is 0.324 e. The topological polar surface area (TPSA) is 29.3 Å². The van der Waals surface area contributed by atoms with E-state index in [1.54, 1.807) is 0 Å². The Morgan fingerprint density at radius 3 is 2.56 bits per heavy atom. The monoisotopic (exact) mass is 132 g/mol. The molecule has 0 amide bonds. The molecule has 9 heavy (non-hydrogen) atoms. The second-order valence-electron chi connectivity index (χ2n) is 2.53. The van der Waals surface area contributed by atoms with Gasteiger partial charge in [-0.3, -0.25) is 4.90 Å². The molecular weight excluding hydrogens is 119 g/mol. The molecule has 0 saturated carbocycles. The van der Waals surface area contributed by atoms with Crippen molar-refractivity contribution in [2.24, 2.45) is 5.73 Å². The second-order valence-corrected chi connectivity index (χ2v) is 2.53. The van der Waals surface area contributed by atoms with Crippen LogP contribution in [-0.4, -0.2) is 36.7 Å². The fourth-order valence-corrected chi connectivity index (χ4v) is 1.13. The maximum absolute atomic E-state index is 12.6. The molecule has 0 radical (unpaired) electrons. The van der Waals surface area contributed by atoms with Crippen molar-refractivity contribution in [2.75, 3.05) is 19.6 Å². The van der Waals surface area contributed by atoms with Crippen LogP contribution in [0.3, 0.4) is 0 Å². The zero-order chi connectivity index (χ0) is 6.85. The molecular formula is C6H13FN2. The molecule has 1 saturated heterocycles. The quantitative estimate of drug-likeness (QED) is 0.543. The standard InChI is InChI=1S/C6H13FN2/c1-2-9-3-5(7)6(8)4-9/h5-6H,2-4,8H2,1H3. The Morgan fingerprint density at radius 1 is 1.67 bits per heavy atom. The molecule has 3 heteroatoms. The summed E-state index contributed by atoms with van der Waals surface area (Å²) < 4.78 is 12.6. The van der Waals surface area contributed by atoms with Gasteiger partial charge >= 0.3 is 0 Å². The van der Waals surface area contributed by atoms with Crippen molar-refractivity contribution in [1.82, 2.24) is 4.90 Å². The van der Waals surface area contributed by atoms with Crippen molar-refractivity contribution >= 4 is 0 Å². The average molecular weight is 132 g/mol. The van der Waals surface area contributed by atoms with Crippen LogP contribution in [0, 0.1) is 0 Å². The first-order chi connectivity index (χ1) is 4.24. The van der Waals surface area contributed by atoms with Crippen molar-refractivity contribution in [2.45, 2.75) is 19.1 Å². The van der Waals surface area contributed by atoms with E-state index in [-0.39, 0.29) is 6.04 Å². The Labute approximate surface area is 54.8 Å². The molecule has 0 aromatic carbocycles. The first-order valence-corrected chi connectivity index (χ1v) is 3.36. The Kier molecular flexibility index (Phi) is 2.03. The molecule has 2 unspecified atom stereocenters. The summed E-state index contributed by atoms with van der Waals surface area (Å²) in [5, 5.41) is 0.